The van der Waals surface area contributed by atoms with Crippen LogP contribution in [0.5, 0.6) is 0 Å². The maximum Gasteiger partial charge on any atom is 0.407 e. The lowest BCUT2D eigenvalue weighted by Gasteiger charge is -2.39. The number of hydrogen-bond donors (Lipinski definition) is 1. The first kappa shape index (κ1) is 34.1. The van der Waals surface area contributed by atoms with E-state index in [-0.39, 0.29) is 28.4 Å². The van der Waals surface area contributed by atoms with E-state index in [2.05, 4.69) is 91.8 Å². The van der Waals surface area contributed by atoms with Gasteiger partial charge in [0, 0.05) is 12.6 Å². The molecule has 0 aliphatic rings. The molecule has 0 spiro atoms. The molecule has 206 valence electrons. The fourth-order valence-corrected chi connectivity index (χ4v) is 5.61. The summed E-state index contributed by atoms with van der Waals surface area (Å²) in [6, 6.07) is 0. The van der Waals surface area contributed by atoms with Crippen LogP contribution in [0, 0.1) is 0 Å². The minimum Gasteiger partial charge on any atom is -0.444 e. The van der Waals surface area contributed by atoms with Crippen LogP contribution in [0.2, 0.25) is 36.3 Å². The second kappa shape index (κ2) is 13.6. The summed E-state index contributed by atoms with van der Waals surface area (Å²) in [6.07, 6.45) is 9.47. The number of ether oxygens (including phenoxy) is 1. The van der Waals surface area contributed by atoms with Crippen molar-refractivity contribution in [2.24, 2.45) is 0 Å². The van der Waals surface area contributed by atoms with Gasteiger partial charge in [0.25, 0.3) is 0 Å². The Labute approximate surface area is 219 Å². The van der Waals surface area contributed by atoms with Gasteiger partial charge in [0.1, 0.15) is 5.60 Å². The van der Waals surface area contributed by atoms with Crippen LogP contribution in [-0.2, 0) is 13.6 Å². The van der Waals surface area contributed by atoms with E-state index >= 15 is 0 Å². The molecule has 2 atom stereocenters. The molecular weight excluding hydrogens is 470 g/mol. The van der Waals surface area contributed by atoms with Crippen LogP contribution in [0.3, 0.4) is 0 Å². The highest BCUT2D eigenvalue weighted by Crippen LogP contribution is 2.39. The van der Waals surface area contributed by atoms with Crippen LogP contribution in [0.1, 0.15) is 88.0 Å². The first-order chi connectivity index (χ1) is 15.6. The van der Waals surface area contributed by atoms with Crippen LogP contribution in [0.4, 0.5) is 4.79 Å². The van der Waals surface area contributed by atoms with Crippen molar-refractivity contribution < 1.29 is 18.4 Å². The second-order valence-corrected chi connectivity index (χ2v) is 23.2. The summed E-state index contributed by atoms with van der Waals surface area (Å²) < 4.78 is 18.8. The molecule has 0 bridgehead atoms. The van der Waals surface area contributed by atoms with Crippen LogP contribution in [-0.4, -0.2) is 47.1 Å². The maximum atomic E-state index is 12.0. The maximum absolute atomic E-state index is 12.0. The summed E-state index contributed by atoms with van der Waals surface area (Å²) in [5, 5.41) is 3.17. The third-order valence-corrected chi connectivity index (χ3v) is 16.1. The quantitative estimate of drug-likeness (QED) is 0.148. The number of nitrogens with one attached hydrogen (secondary N) is 1. The number of carbonyl (C=O) groups is 1. The number of carbonyl (C=O) groups excluding carboxylic acids is 1. The molecule has 0 aliphatic carbocycles. The molecule has 1 N–H and O–H groups in total. The van der Waals surface area contributed by atoms with E-state index in [1.165, 1.54) is 0 Å². The fraction of sp³-hybridized carbons (Fsp3) is 0.821. The molecule has 0 heterocycles. The van der Waals surface area contributed by atoms with Crippen LogP contribution in [0.25, 0.3) is 0 Å². The van der Waals surface area contributed by atoms with Gasteiger partial charge in [-0.2, -0.15) is 0 Å². The van der Waals surface area contributed by atoms with Gasteiger partial charge in [0.2, 0.25) is 0 Å². The molecule has 0 fully saturated rings. The number of rotatable bonds is 13. The topological polar surface area (TPSA) is 56.8 Å². The smallest absolute Gasteiger partial charge is 0.407 e. The highest BCUT2D eigenvalue weighted by atomic mass is 28.4. The standard InChI is InChI=1S/C28H57NO4Si2/c1-15-18-23(32-34(11,12)27(5,6)7)19-16-20-24(33-35(13,14)28(8,9)10)21-17-22-29-25(30)31-26(2,3)4/h15-16,19,23-24H,1,17-18,20-22H2,2-14H3,(H,29,30)/b19-16+/t23-,24-/m0/s1. The summed E-state index contributed by atoms with van der Waals surface area (Å²) in [5.41, 5.74) is -0.489. The van der Waals surface area contributed by atoms with E-state index in [9.17, 15) is 4.79 Å². The molecule has 35 heavy (non-hydrogen) atoms. The molecule has 0 saturated carbocycles. The number of amides is 1. The molecule has 0 aliphatic heterocycles. The Morgan fingerprint density at radius 3 is 1.86 bits per heavy atom. The van der Waals surface area contributed by atoms with E-state index in [0.29, 0.717) is 6.54 Å². The summed E-state index contributed by atoms with van der Waals surface area (Å²) in [6.45, 7) is 32.9. The Balaban J connectivity index is 5.26. The Bertz CT molecular complexity index is 683. The van der Waals surface area contributed by atoms with E-state index in [0.717, 1.165) is 25.7 Å². The molecular formula is C28H57NO4Si2. The molecule has 0 aromatic carbocycles. The summed E-state index contributed by atoms with van der Waals surface area (Å²) in [5.74, 6) is 0. The van der Waals surface area contributed by atoms with Crippen LogP contribution in [0.15, 0.2) is 24.8 Å². The van der Waals surface area contributed by atoms with Crippen molar-refractivity contribution in [2.75, 3.05) is 6.54 Å². The zero-order valence-electron chi connectivity index (χ0n) is 25.3. The van der Waals surface area contributed by atoms with Crippen molar-refractivity contribution >= 4 is 22.7 Å². The third-order valence-electron chi connectivity index (χ3n) is 7.04. The first-order valence-electron chi connectivity index (χ1n) is 13.2. The number of hydrogen-bond acceptors (Lipinski definition) is 4. The average molecular weight is 528 g/mol. The van der Waals surface area contributed by atoms with Gasteiger partial charge >= 0.3 is 6.09 Å². The summed E-state index contributed by atoms with van der Waals surface area (Å²) in [4.78, 5) is 12.0. The van der Waals surface area contributed by atoms with Gasteiger partial charge in [-0.3, -0.25) is 0 Å². The van der Waals surface area contributed by atoms with Crippen LogP contribution < -0.4 is 5.32 Å². The monoisotopic (exact) mass is 527 g/mol. The molecule has 0 saturated heterocycles. The molecule has 0 rings (SSSR count). The molecule has 0 radical (unpaired) electrons. The van der Waals surface area contributed by atoms with Gasteiger partial charge in [-0.1, -0.05) is 59.8 Å². The van der Waals surface area contributed by atoms with E-state index in [1.807, 2.05) is 26.8 Å². The molecule has 5 nitrogen and oxygen atoms in total. The van der Waals surface area contributed by atoms with Gasteiger partial charge < -0.3 is 18.9 Å². The minimum absolute atomic E-state index is 0.0377. The van der Waals surface area contributed by atoms with E-state index in [4.69, 9.17) is 13.6 Å². The van der Waals surface area contributed by atoms with Crippen molar-refractivity contribution in [3.8, 4) is 0 Å². The lowest BCUT2D eigenvalue weighted by Crippen LogP contribution is -2.44. The third kappa shape index (κ3) is 13.8. The van der Waals surface area contributed by atoms with Crippen molar-refractivity contribution in [2.45, 2.75) is 142 Å². The molecule has 1 amide bonds. The van der Waals surface area contributed by atoms with Crippen molar-refractivity contribution in [3.05, 3.63) is 24.8 Å². The molecule has 0 unspecified atom stereocenters. The number of alkyl carbamates (subject to hydrolysis) is 1. The predicted molar refractivity (Wildman–Crippen MR) is 156 cm³/mol. The van der Waals surface area contributed by atoms with E-state index in [1.54, 1.807) is 0 Å². The average Bonchev–Trinajstić information content (AvgIpc) is 2.61. The van der Waals surface area contributed by atoms with Crippen molar-refractivity contribution in [1.82, 2.24) is 5.32 Å². The predicted octanol–water partition coefficient (Wildman–Crippen LogP) is 8.59. The van der Waals surface area contributed by atoms with E-state index < -0.39 is 22.2 Å². The van der Waals surface area contributed by atoms with Gasteiger partial charge in [-0.15, -0.1) is 6.58 Å². The SMILES string of the molecule is C=CC[C@@H](/C=C/C[C@@H](CCCNC(=O)OC(C)(C)C)O[Si](C)(C)C(C)(C)C)O[Si](C)(C)C(C)(C)C. The largest absolute Gasteiger partial charge is 0.444 e. The zero-order chi connectivity index (χ0) is 27.7. The van der Waals surface area contributed by atoms with Crippen LogP contribution >= 0.6 is 0 Å². The van der Waals surface area contributed by atoms with Crippen molar-refractivity contribution in [1.29, 1.82) is 0 Å². The Kier molecular flexibility index (Phi) is 13.2. The lowest BCUT2D eigenvalue weighted by atomic mass is 10.1. The summed E-state index contributed by atoms with van der Waals surface area (Å²) >= 11 is 0. The lowest BCUT2D eigenvalue weighted by molar-refractivity contribution is 0.0524. The highest BCUT2D eigenvalue weighted by molar-refractivity contribution is 6.74. The Morgan fingerprint density at radius 2 is 1.40 bits per heavy atom. The van der Waals surface area contributed by atoms with Gasteiger partial charge in [-0.25, -0.2) is 4.79 Å². The van der Waals surface area contributed by atoms with Crippen molar-refractivity contribution in [3.63, 3.8) is 0 Å². The Morgan fingerprint density at radius 1 is 0.886 bits per heavy atom. The molecule has 0 aromatic rings. The van der Waals surface area contributed by atoms with Gasteiger partial charge in [0.15, 0.2) is 16.6 Å². The zero-order valence-corrected chi connectivity index (χ0v) is 27.3. The molecule has 0 aromatic heterocycles. The minimum atomic E-state index is -1.92. The Hall–Kier alpha value is -0.896. The second-order valence-electron chi connectivity index (χ2n) is 13.7. The summed E-state index contributed by atoms with van der Waals surface area (Å²) in [7, 11) is -3.80. The van der Waals surface area contributed by atoms with Gasteiger partial charge in [-0.05, 0) is 82.7 Å². The fourth-order valence-electron chi connectivity index (χ4n) is 2.92. The van der Waals surface area contributed by atoms with Gasteiger partial charge in [0.05, 0.1) is 6.10 Å². The normalized spacial score (nSPS) is 15.7. The highest BCUT2D eigenvalue weighted by Gasteiger charge is 2.39. The first-order valence-corrected chi connectivity index (χ1v) is 19.0. The molecule has 7 heteroatoms.